The van der Waals surface area contributed by atoms with Crippen LogP contribution in [0.3, 0.4) is 0 Å². The van der Waals surface area contributed by atoms with Gasteiger partial charge in [0.25, 0.3) is 0 Å². The van der Waals surface area contributed by atoms with Crippen LogP contribution in [-0.4, -0.2) is 27.5 Å². The molecule has 1 fully saturated rings. The topological polar surface area (TPSA) is 42.8 Å². The number of hydrogen-bond donors (Lipinski definition) is 1. The van der Waals surface area contributed by atoms with E-state index in [4.69, 9.17) is 17.0 Å². The molecule has 1 saturated heterocycles. The normalized spacial score (nSPS) is 26.0. The van der Waals surface area contributed by atoms with E-state index in [1.54, 1.807) is 0 Å². The first-order valence-corrected chi connectivity index (χ1v) is 5.90. The third kappa shape index (κ3) is 2.13. The Bertz CT molecular complexity index is 384. The Labute approximate surface area is 94.6 Å². The predicted octanol–water partition coefficient (Wildman–Crippen LogP) is 2.24. The third-order valence-corrected chi connectivity index (χ3v) is 3.11. The monoisotopic (exact) mass is 227 g/mol. The maximum atomic E-state index is 5.56. The second kappa shape index (κ2) is 4.45. The number of aromatic amines is 1. The van der Waals surface area contributed by atoms with E-state index < -0.39 is 0 Å². The van der Waals surface area contributed by atoms with E-state index in [0.29, 0.717) is 12.0 Å². The van der Waals surface area contributed by atoms with Crippen LogP contribution in [0.4, 0.5) is 0 Å². The molecule has 0 aliphatic carbocycles. The van der Waals surface area contributed by atoms with Crippen LogP contribution in [-0.2, 0) is 11.3 Å². The van der Waals surface area contributed by atoms with Gasteiger partial charge in [-0.25, -0.2) is 0 Å². The molecule has 1 aromatic heterocycles. The van der Waals surface area contributed by atoms with Crippen molar-refractivity contribution in [3.05, 3.63) is 10.6 Å². The molecule has 5 heteroatoms. The number of rotatable bonds is 3. The molecule has 2 heterocycles. The molecule has 2 atom stereocenters. The Hall–Kier alpha value is -0.680. The van der Waals surface area contributed by atoms with Gasteiger partial charge in [-0.3, -0.25) is 5.10 Å². The van der Waals surface area contributed by atoms with Crippen molar-refractivity contribution in [2.24, 2.45) is 0 Å². The average molecular weight is 227 g/mol. The SMILES string of the molecule is CCCn1c(C2COC(C)C2)n[nH]c1=S. The molecule has 0 radical (unpaired) electrons. The minimum Gasteiger partial charge on any atom is -0.378 e. The second-order valence-electron chi connectivity index (χ2n) is 4.12. The van der Waals surface area contributed by atoms with Gasteiger partial charge in [-0.15, -0.1) is 0 Å². The minimum absolute atomic E-state index is 0.343. The molecule has 0 bridgehead atoms. The first-order chi connectivity index (χ1) is 7.22. The average Bonchev–Trinajstić information content (AvgIpc) is 2.76. The largest absolute Gasteiger partial charge is 0.378 e. The van der Waals surface area contributed by atoms with Gasteiger partial charge in [-0.05, 0) is 32.0 Å². The molecule has 4 nitrogen and oxygen atoms in total. The van der Waals surface area contributed by atoms with Crippen molar-refractivity contribution < 1.29 is 4.74 Å². The lowest BCUT2D eigenvalue weighted by molar-refractivity contribution is 0.123. The zero-order valence-electron chi connectivity index (χ0n) is 9.19. The molecular formula is C10H17N3OS. The van der Waals surface area contributed by atoms with Gasteiger partial charge in [0, 0.05) is 12.5 Å². The molecule has 1 aromatic rings. The lowest BCUT2D eigenvalue weighted by Gasteiger charge is -2.09. The number of ether oxygens (including phenoxy) is 1. The van der Waals surface area contributed by atoms with E-state index in [9.17, 15) is 0 Å². The summed E-state index contributed by atoms with van der Waals surface area (Å²) in [6.45, 7) is 5.96. The predicted molar refractivity (Wildman–Crippen MR) is 60.5 cm³/mol. The smallest absolute Gasteiger partial charge is 0.195 e. The molecule has 2 rings (SSSR count). The molecule has 2 unspecified atom stereocenters. The summed E-state index contributed by atoms with van der Waals surface area (Å²) in [4.78, 5) is 0. The summed E-state index contributed by atoms with van der Waals surface area (Å²) in [5.41, 5.74) is 0. The molecule has 0 amide bonds. The molecule has 0 spiro atoms. The molecule has 15 heavy (non-hydrogen) atoms. The van der Waals surface area contributed by atoms with Crippen molar-refractivity contribution >= 4 is 12.2 Å². The molecule has 0 aromatic carbocycles. The van der Waals surface area contributed by atoms with Crippen molar-refractivity contribution in [1.29, 1.82) is 0 Å². The zero-order chi connectivity index (χ0) is 10.8. The molecule has 1 aliphatic rings. The van der Waals surface area contributed by atoms with Crippen LogP contribution in [0.1, 0.15) is 38.4 Å². The standard InChI is InChI=1S/C10H17N3OS/c1-3-4-13-9(11-12-10(13)15)8-5-7(2)14-6-8/h7-8H,3-6H2,1-2H3,(H,12,15). The quantitative estimate of drug-likeness (QED) is 0.805. The third-order valence-electron chi connectivity index (χ3n) is 2.80. The minimum atomic E-state index is 0.343. The lowest BCUT2D eigenvalue weighted by Crippen LogP contribution is -2.09. The van der Waals surface area contributed by atoms with Gasteiger partial charge in [0.2, 0.25) is 0 Å². The van der Waals surface area contributed by atoms with E-state index in [0.717, 1.165) is 36.6 Å². The van der Waals surface area contributed by atoms with Crippen LogP contribution in [0, 0.1) is 4.77 Å². The summed E-state index contributed by atoms with van der Waals surface area (Å²) in [6, 6.07) is 0. The van der Waals surface area contributed by atoms with Crippen LogP contribution in [0.25, 0.3) is 0 Å². The summed E-state index contributed by atoms with van der Waals surface area (Å²) >= 11 is 5.21. The van der Waals surface area contributed by atoms with Gasteiger partial charge >= 0.3 is 0 Å². The van der Waals surface area contributed by atoms with Crippen molar-refractivity contribution in [3.63, 3.8) is 0 Å². The number of aromatic nitrogens is 3. The first kappa shape index (κ1) is 10.8. The van der Waals surface area contributed by atoms with Crippen molar-refractivity contribution in [1.82, 2.24) is 14.8 Å². The van der Waals surface area contributed by atoms with E-state index in [1.807, 2.05) is 0 Å². The Morgan fingerprint density at radius 3 is 3.07 bits per heavy atom. The maximum absolute atomic E-state index is 5.56. The number of hydrogen-bond acceptors (Lipinski definition) is 3. The fraction of sp³-hybridized carbons (Fsp3) is 0.800. The molecule has 0 saturated carbocycles. The van der Waals surface area contributed by atoms with Crippen LogP contribution in [0.15, 0.2) is 0 Å². The van der Waals surface area contributed by atoms with E-state index in [1.165, 1.54) is 0 Å². The molecule has 1 aliphatic heterocycles. The molecular weight excluding hydrogens is 210 g/mol. The van der Waals surface area contributed by atoms with E-state index >= 15 is 0 Å². The van der Waals surface area contributed by atoms with Crippen LogP contribution in [0.5, 0.6) is 0 Å². The van der Waals surface area contributed by atoms with Gasteiger partial charge in [0.1, 0.15) is 5.82 Å². The van der Waals surface area contributed by atoms with Crippen LogP contribution >= 0.6 is 12.2 Å². The summed E-state index contributed by atoms with van der Waals surface area (Å²) in [5.74, 6) is 1.46. The first-order valence-electron chi connectivity index (χ1n) is 5.49. The summed E-state index contributed by atoms with van der Waals surface area (Å²) in [7, 11) is 0. The Kier molecular flexibility index (Phi) is 3.21. The van der Waals surface area contributed by atoms with Crippen LogP contribution < -0.4 is 0 Å². The highest BCUT2D eigenvalue weighted by molar-refractivity contribution is 7.71. The van der Waals surface area contributed by atoms with Gasteiger partial charge < -0.3 is 9.30 Å². The van der Waals surface area contributed by atoms with Crippen molar-refractivity contribution in [2.45, 2.75) is 45.3 Å². The fourth-order valence-electron chi connectivity index (χ4n) is 2.08. The van der Waals surface area contributed by atoms with E-state index in [2.05, 4.69) is 28.6 Å². The van der Waals surface area contributed by atoms with Crippen LogP contribution in [0.2, 0.25) is 0 Å². The van der Waals surface area contributed by atoms with E-state index in [-0.39, 0.29) is 0 Å². The number of nitrogens with one attached hydrogen (secondary N) is 1. The van der Waals surface area contributed by atoms with Gasteiger partial charge in [-0.1, -0.05) is 6.92 Å². The maximum Gasteiger partial charge on any atom is 0.195 e. The highest BCUT2D eigenvalue weighted by Crippen LogP contribution is 2.27. The Morgan fingerprint density at radius 1 is 1.67 bits per heavy atom. The molecule has 1 N–H and O–H groups in total. The zero-order valence-corrected chi connectivity index (χ0v) is 10.0. The van der Waals surface area contributed by atoms with Gasteiger partial charge in [0.15, 0.2) is 4.77 Å². The fourth-order valence-corrected chi connectivity index (χ4v) is 2.31. The van der Waals surface area contributed by atoms with Gasteiger partial charge in [-0.2, -0.15) is 5.10 Å². The Balaban J connectivity index is 2.24. The highest BCUT2D eigenvalue weighted by atomic mass is 32.1. The van der Waals surface area contributed by atoms with Crippen molar-refractivity contribution in [2.75, 3.05) is 6.61 Å². The highest BCUT2D eigenvalue weighted by Gasteiger charge is 2.27. The van der Waals surface area contributed by atoms with Gasteiger partial charge in [0.05, 0.1) is 12.7 Å². The summed E-state index contributed by atoms with van der Waals surface area (Å²) in [6.07, 6.45) is 2.46. The second-order valence-corrected chi connectivity index (χ2v) is 4.50. The number of H-pyrrole nitrogens is 1. The summed E-state index contributed by atoms with van der Waals surface area (Å²) < 4.78 is 8.39. The summed E-state index contributed by atoms with van der Waals surface area (Å²) in [5, 5.41) is 7.19. The molecule has 84 valence electrons. The van der Waals surface area contributed by atoms with Crippen molar-refractivity contribution in [3.8, 4) is 0 Å². The number of nitrogens with zero attached hydrogens (tertiary/aromatic N) is 2. The lowest BCUT2D eigenvalue weighted by atomic mass is 10.1. The Morgan fingerprint density at radius 2 is 2.47 bits per heavy atom.